The van der Waals surface area contributed by atoms with Crippen LogP contribution in [0.3, 0.4) is 0 Å². The molecule has 0 spiro atoms. The van der Waals surface area contributed by atoms with Crippen LogP contribution in [0.2, 0.25) is 10.0 Å². The molecule has 1 fully saturated rings. The minimum Gasteiger partial charge on any atom is -0.347 e. The number of halogens is 2. The average Bonchev–Trinajstić information content (AvgIpc) is 3.01. The highest BCUT2D eigenvalue weighted by Crippen LogP contribution is 2.24. The maximum absolute atomic E-state index is 12.2. The Morgan fingerprint density at radius 1 is 1.32 bits per heavy atom. The van der Waals surface area contributed by atoms with Gasteiger partial charge in [-0.05, 0) is 43.7 Å². The van der Waals surface area contributed by atoms with Gasteiger partial charge in [-0.1, -0.05) is 23.2 Å². The third-order valence-corrected chi connectivity index (χ3v) is 4.36. The van der Waals surface area contributed by atoms with Crippen LogP contribution in [0.1, 0.15) is 23.3 Å². The van der Waals surface area contributed by atoms with E-state index in [9.17, 15) is 4.79 Å². The SMILES string of the molecule is O=C(N[C@H]1CCCNC1)c1ccn(-c2ccc(Cl)c(Cl)c2)n1. The van der Waals surface area contributed by atoms with Gasteiger partial charge in [0.1, 0.15) is 0 Å². The number of hydrogen-bond donors (Lipinski definition) is 2. The third-order valence-electron chi connectivity index (χ3n) is 3.62. The zero-order chi connectivity index (χ0) is 15.5. The van der Waals surface area contributed by atoms with Crippen molar-refractivity contribution in [2.24, 2.45) is 0 Å². The van der Waals surface area contributed by atoms with Gasteiger partial charge in [0.25, 0.3) is 5.91 Å². The molecule has 1 saturated heterocycles. The van der Waals surface area contributed by atoms with Crippen molar-refractivity contribution in [1.29, 1.82) is 0 Å². The van der Waals surface area contributed by atoms with Gasteiger partial charge in [0, 0.05) is 18.8 Å². The van der Waals surface area contributed by atoms with E-state index in [2.05, 4.69) is 15.7 Å². The number of benzene rings is 1. The molecule has 1 atom stereocenters. The van der Waals surface area contributed by atoms with E-state index in [0.717, 1.165) is 31.6 Å². The van der Waals surface area contributed by atoms with Crippen LogP contribution in [0.25, 0.3) is 5.69 Å². The molecule has 0 bridgehead atoms. The summed E-state index contributed by atoms with van der Waals surface area (Å²) in [6, 6.07) is 7.07. The second kappa shape index (κ2) is 6.69. The number of carbonyl (C=O) groups is 1. The topological polar surface area (TPSA) is 59.0 Å². The summed E-state index contributed by atoms with van der Waals surface area (Å²) in [5.74, 6) is -0.160. The number of amides is 1. The summed E-state index contributed by atoms with van der Waals surface area (Å²) in [6.07, 6.45) is 3.79. The van der Waals surface area contributed by atoms with Crippen molar-refractivity contribution in [2.75, 3.05) is 13.1 Å². The molecule has 1 amide bonds. The van der Waals surface area contributed by atoms with E-state index in [1.807, 2.05) is 0 Å². The van der Waals surface area contributed by atoms with E-state index in [1.165, 1.54) is 0 Å². The molecule has 0 unspecified atom stereocenters. The lowest BCUT2D eigenvalue weighted by molar-refractivity contribution is 0.0925. The van der Waals surface area contributed by atoms with Crippen LogP contribution in [-0.4, -0.2) is 34.8 Å². The zero-order valence-corrected chi connectivity index (χ0v) is 13.4. The Balaban J connectivity index is 1.72. The summed E-state index contributed by atoms with van der Waals surface area (Å²) in [5, 5.41) is 11.5. The quantitative estimate of drug-likeness (QED) is 0.904. The zero-order valence-electron chi connectivity index (χ0n) is 11.9. The molecule has 1 aromatic heterocycles. The van der Waals surface area contributed by atoms with E-state index in [1.54, 1.807) is 35.1 Å². The second-order valence-electron chi connectivity index (χ2n) is 5.26. The minimum atomic E-state index is -0.160. The highest BCUT2D eigenvalue weighted by atomic mass is 35.5. The third kappa shape index (κ3) is 3.43. The molecular weight excluding hydrogens is 323 g/mol. The molecular formula is C15H16Cl2N4O. The fraction of sp³-hybridized carbons (Fsp3) is 0.333. The average molecular weight is 339 g/mol. The van der Waals surface area contributed by atoms with Crippen LogP contribution in [0, 0.1) is 0 Å². The fourth-order valence-electron chi connectivity index (χ4n) is 2.45. The van der Waals surface area contributed by atoms with Crippen molar-refractivity contribution in [1.82, 2.24) is 20.4 Å². The Labute approximate surface area is 138 Å². The molecule has 3 rings (SSSR count). The Morgan fingerprint density at radius 2 is 2.18 bits per heavy atom. The lowest BCUT2D eigenvalue weighted by atomic mass is 10.1. The largest absolute Gasteiger partial charge is 0.347 e. The lowest BCUT2D eigenvalue weighted by Gasteiger charge is -2.23. The first-order valence-corrected chi connectivity index (χ1v) is 7.92. The maximum Gasteiger partial charge on any atom is 0.272 e. The highest BCUT2D eigenvalue weighted by Gasteiger charge is 2.18. The molecule has 22 heavy (non-hydrogen) atoms. The summed E-state index contributed by atoms with van der Waals surface area (Å²) < 4.78 is 1.61. The molecule has 1 aliphatic rings. The predicted molar refractivity (Wildman–Crippen MR) is 86.9 cm³/mol. The van der Waals surface area contributed by atoms with Crippen LogP contribution >= 0.6 is 23.2 Å². The van der Waals surface area contributed by atoms with E-state index in [4.69, 9.17) is 23.2 Å². The van der Waals surface area contributed by atoms with Gasteiger partial charge in [-0.25, -0.2) is 4.68 Å². The molecule has 5 nitrogen and oxygen atoms in total. The van der Waals surface area contributed by atoms with E-state index in [-0.39, 0.29) is 11.9 Å². The first-order valence-electron chi connectivity index (χ1n) is 7.16. The van der Waals surface area contributed by atoms with Crippen molar-refractivity contribution in [3.8, 4) is 5.69 Å². The molecule has 0 radical (unpaired) electrons. The summed E-state index contributed by atoms with van der Waals surface area (Å²) in [5.41, 5.74) is 1.14. The Bertz CT molecular complexity index is 680. The Hall–Kier alpha value is -1.56. The highest BCUT2D eigenvalue weighted by molar-refractivity contribution is 6.42. The molecule has 2 aromatic rings. The van der Waals surface area contributed by atoms with Gasteiger partial charge in [0.05, 0.1) is 15.7 Å². The van der Waals surface area contributed by atoms with Crippen molar-refractivity contribution < 1.29 is 4.79 Å². The van der Waals surface area contributed by atoms with Gasteiger partial charge in [-0.3, -0.25) is 4.79 Å². The summed E-state index contributed by atoms with van der Waals surface area (Å²) >= 11 is 11.9. The van der Waals surface area contributed by atoms with Crippen molar-refractivity contribution in [3.63, 3.8) is 0 Å². The molecule has 0 saturated carbocycles. The first kappa shape index (κ1) is 15.3. The summed E-state index contributed by atoms with van der Waals surface area (Å²) in [6.45, 7) is 1.82. The van der Waals surface area contributed by atoms with Gasteiger partial charge in [0.15, 0.2) is 5.69 Å². The normalized spacial score (nSPS) is 18.2. The van der Waals surface area contributed by atoms with Crippen LogP contribution in [0.15, 0.2) is 30.5 Å². The monoisotopic (exact) mass is 338 g/mol. The molecule has 116 valence electrons. The number of aromatic nitrogens is 2. The standard InChI is InChI=1S/C15H16Cl2N4O/c16-12-4-3-11(8-13(12)17)21-7-5-14(20-21)15(22)19-10-2-1-6-18-9-10/h3-5,7-8,10,18H,1-2,6,9H2,(H,19,22)/t10-/m0/s1. The number of nitrogens with one attached hydrogen (secondary N) is 2. The molecule has 1 aliphatic heterocycles. The first-order chi connectivity index (χ1) is 10.6. The van der Waals surface area contributed by atoms with E-state index >= 15 is 0 Å². The molecule has 7 heteroatoms. The summed E-state index contributed by atoms with van der Waals surface area (Å²) in [7, 11) is 0. The maximum atomic E-state index is 12.2. The minimum absolute atomic E-state index is 0.160. The van der Waals surface area contributed by atoms with Gasteiger partial charge < -0.3 is 10.6 Å². The second-order valence-corrected chi connectivity index (χ2v) is 6.08. The molecule has 0 aliphatic carbocycles. The molecule has 1 aromatic carbocycles. The number of hydrogen-bond acceptors (Lipinski definition) is 3. The van der Waals surface area contributed by atoms with Crippen molar-refractivity contribution in [3.05, 3.63) is 46.2 Å². The molecule has 2 heterocycles. The van der Waals surface area contributed by atoms with E-state index in [0.29, 0.717) is 15.7 Å². The van der Waals surface area contributed by atoms with Gasteiger partial charge in [0.2, 0.25) is 0 Å². The molecule has 2 N–H and O–H groups in total. The van der Waals surface area contributed by atoms with Gasteiger partial charge >= 0.3 is 0 Å². The van der Waals surface area contributed by atoms with Gasteiger partial charge in [-0.2, -0.15) is 5.10 Å². The number of rotatable bonds is 3. The number of piperidine rings is 1. The van der Waals surface area contributed by atoms with Crippen LogP contribution in [0.5, 0.6) is 0 Å². The van der Waals surface area contributed by atoms with Crippen LogP contribution in [0.4, 0.5) is 0 Å². The van der Waals surface area contributed by atoms with Crippen molar-refractivity contribution >= 4 is 29.1 Å². The fourth-order valence-corrected chi connectivity index (χ4v) is 2.74. The Kier molecular flexibility index (Phi) is 4.66. The Morgan fingerprint density at radius 3 is 2.91 bits per heavy atom. The van der Waals surface area contributed by atoms with Gasteiger partial charge in [-0.15, -0.1) is 0 Å². The van der Waals surface area contributed by atoms with E-state index < -0.39 is 0 Å². The number of nitrogens with zero attached hydrogens (tertiary/aromatic N) is 2. The van der Waals surface area contributed by atoms with Crippen LogP contribution in [-0.2, 0) is 0 Å². The lowest BCUT2D eigenvalue weighted by Crippen LogP contribution is -2.45. The number of carbonyl (C=O) groups excluding carboxylic acids is 1. The van der Waals surface area contributed by atoms with Crippen molar-refractivity contribution in [2.45, 2.75) is 18.9 Å². The van der Waals surface area contributed by atoms with Crippen LogP contribution < -0.4 is 10.6 Å². The predicted octanol–water partition coefficient (Wildman–Crippen LogP) is 2.66. The smallest absolute Gasteiger partial charge is 0.272 e. The summed E-state index contributed by atoms with van der Waals surface area (Å²) in [4.78, 5) is 12.2.